The Hall–Kier alpha value is -2.68. The third kappa shape index (κ3) is 4.36. The average molecular weight is 379 g/mol. The Labute approximate surface area is 154 Å². The molecule has 0 fully saturated rings. The zero-order chi connectivity index (χ0) is 19.6. The summed E-state index contributed by atoms with van der Waals surface area (Å²) in [5.41, 5.74) is 5.23. The van der Waals surface area contributed by atoms with Crippen LogP contribution in [0.2, 0.25) is 0 Å². The van der Waals surface area contributed by atoms with Crippen LogP contribution in [0.5, 0.6) is 5.88 Å². The fourth-order valence-electron chi connectivity index (χ4n) is 2.83. The molecule has 0 aromatic carbocycles. The Kier molecular flexibility index (Phi) is 5.31. The van der Waals surface area contributed by atoms with Crippen molar-refractivity contribution in [3.63, 3.8) is 0 Å². The maximum atomic E-state index is 13.5. The zero-order valence-electron chi connectivity index (χ0n) is 14.9. The first-order valence-electron chi connectivity index (χ1n) is 8.51. The molecular weight excluding hydrogens is 359 g/mol. The highest BCUT2D eigenvalue weighted by Gasteiger charge is 2.36. The van der Waals surface area contributed by atoms with Gasteiger partial charge in [-0.1, -0.05) is 13.8 Å². The van der Waals surface area contributed by atoms with Gasteiger partial charge in [0.1, 0.15) is 18.0 Å². The summed E-state index contributed by atoms with van der Waals surface area (Å²) in [6.07, 6.45) is -2.32. The Morgan fingerprint density at radius 2 is 1.96 bits per heavy atom. The number of fused-ring (bicyclic) bond motifs is 1. The van der Waals surface area contributed by atoms with Gasteiger partial charge >= 0.3 is 6.18 Å². The number of halogens is 3. The molecule has 0 saturated carbocycles. The number of nitrogens with one attached hydrogen (secondary N) is 1. The molecule has 27 heavy (non-hydrogen) atoms. The Balaban J connectivity index is 1.97. The number of hydrogen-bond donors (Lipinski definition) is 2. The zero-order valence-corrected chi connectivity index (χ0v) is 14.9. The number of nitrogens with zero attached hydrogens (tertiary/aromatic N) is 3. The predicted molar refractivity (Wildman–Crippen MR) is 95.0 cm³/mol. The molecule has 0 saturated heterocycles. The highest BCUT2D eigenvalue weighted by atomic mass is 19.4. The number of alkyl halides is 3. The Bertz CT molecular complexity index is 923. The first-order valence-corrected chi connectivity index (χ1v) is 8.51. The number of nitrogens with two attached hydrogens (primary N) is 1. The van der Waals surface area contributed by atoms with Crippen LogP contribution in [0.1, 0.15) is 25.8 Å². The van der Waals surface area contributed by atoms with E-state index in [2.05, 4.69) is 20.2 Å². The molecule has 3 heterocycles. The number of aromatic amines is 1. The minimum Gasteiger partial charge on any atom is -0.476 e. The fourth-order valence-corrected chi connectivity index (χ4v) is 2.83. The second-order valence-corrected chi connectivity index (χ2v) is 6.72. The molecule has 3 rings (SSSR count). The maximum Gasteiger partial charge on any atom is 0.418 e. The van der Waals surface area contributed by atoms with Crippen molar-refractivity contribution in [1.82, 2.24) is 20.2 Å². The van der Waals surface area contributed by atoms with Gasteiger partial charge in [0, 0.05) is 23.7 Å². The van der Waals surface area contributed by atoms with Crippen LogP contribution >= 0.6 is 0 Å². The van der Waals surface area contributed by atoms with Crippen molar-refractivity contribution in [2.75, 3.05) is 6.61 Å². The standard InChI is InChI=1S/C18H20F3N5O/c1-10(2)8-11(22)9-27-14-6-5-13(18(19,20)21)16(24-14)15-12-4-3-7-23-17(12)26-25-15/h3-7,10-11H,8-9,22H2,1-2H3,(H,23,25,26)/t11-/m0/s1. The molecule has 1 atom stereocenters. The summed E-state index contributed by atoms with van der Waals surface area (Å²) >= 11 is 0. The van der Waals surface area contributed by atoms with E-state index in [-0.39, 0.29) is 29.9 Å². The molecule has 0 spiro atoms. The third-order valence-electron chi connectivity index (χ3n) is 3.96. The first-order chi connectivity index (χ1) is 12.8. The lowest BCUT2D eigenvalue weighted by molar-refractivity contribution is -0.137. The molecule has 144 valence electrons. The lowest BCUT2D eigenvalue weighted by Crippen LogP contribution is -2.29. The maximum absolute atomic E-state index is 13.5. The molecule has 9 heteroatoms. The van der Waals surface area contributed by atoms with E-state index in [4.69, 9.17) is 10.5 Å². The minimum atomic E-state index is -4.58. The molecular formula is C18H20F3N5O. The van der Waals surface area contributed by atoms with Crippen LogP contribution in [-0.2, 0) is 6.18 Å². The summed E-state index contributed by atoms with van der Waals surface area (Å²) in [5.74, 6) is 0.458. The summed E-state index contributed by atoms with van der Waals surface area (Å²) in [6, 6.07) is 5.17. The normalized spacial score (nSPS) is 13.3. The first kappa shape index (κ1) is 19.1. The molecule has 0 unspecified atom stereocenters. The molecule has 6 nitrogen and oxygen atoms in total. The van der Waals surface area contributed by atoms with Gasteiger partial charge in [-0.15, -0.1) is 0 Å². The molecule has 0 aliphatic heterocycles. The number of hydrogen-bond acceptors (Lipinski definition) is 5. The van der Waals surface area contributed by atoms with Gasteiger partial charge < -0.3 is 10.5 Å². The van der Waals surface area contributed by atoms with Gasteiger partial charge in [0.05, 0.1) is 5.56 Å². The van der Waals surface area contributed by atoms with Crippen LogP contribution in [-0.4, -0.2) is 32.8 Å². The predicted octanol–water partition coefficient (Wildman–Crippen LogP) is 3.79. The third-order valence-corrected chi connectivity index (χ3v) is 3.96. The fraction of sp³-hybridized carbons (Fsp3) is 0.389. The molecule has 3 aromatic rings. The summed E-state index contributed by atoms with van der Waals surface area (Å²) in [6.45, 7) is 4.23. The van der Waals surface area contributed by atoms with Crippen molar-refractivity contribution in [2.45, 2.75) is 32.5 Å². The van der Waals surface area contributed by atoms with Gasteiger partial charge in [0.15, 0.2) is 5.65 Å². The SMILES string of the molecule is CC(C)C[C@H](N)COc1ccc(C(F)(F)F)c(-c2n[nH]c3ncccc23)n1. The molecule has 0 aliphatic rings. The lowest BCUT2D eigenvalue weighted by atomic mass is 10.1. The van der Waals surface area contributed by atoms with E-state index in [1.165, 1.54) is 12.3 Å². The largest absolute Gasteiger partial charge is 0.476 e. The van der Waals surface area contributed by atoms with Crippen LogP contribution in [0.25, 0.3) is 22.4 Å². The van der Waals surface area contributed by atoms with Gasteiger partial charge in [-0.2, -0.15) is 18.3 Å². The number of aromatic nitrogens is 4. The van der Waals surface area contributed by atoms with Gasteiger partial charge in [-0.3, -0.25) is 5.10 Å². The second kappa shape index (κ2) is 7.51. The lowest BCUT2D eigenvalue weighted by Gasteiger charge is -2.16. The van der Waals surface area contributed by atoms with Gasteiger partial charge in [0.25, 0.3) is 0 Å². The van der Waals surface area contributed by atoms with Gasteiger partial charge in [-0.05, 0) is 30.5 Å². The van der Waals surface area contributed by atoms with Gasteiger partial charge in [-0.25, -0.2) is 9.97 Å². The van der Waals surface area contributed by atoms with E-state index in [9.17, 15) is 13.2 Å². The number of H-pyrrole nitrogens is 1. The summed E-state index contributed by atoms with van der Waals surface area (Å²) < 4.78 is 46.0. The van der Waals surface area contributed by atoms with E-state index in [0.29, 0.717) is 17.0 Å². The summed E-state index contributed by atoms with van der Waals surface area (Å²) in [4.78, 5) is 8.13. The smallest absolute Gasteiger partial charge is 0.418 e. The van der Waals surface area contributed by atoms with Crippen molar-refractivity contribution in [1.29, 1.82) is 0 Å². The highest BCUT2D eigenvalue weighted by molar-refractivity contribution is 5.90. The van der Waals surface area contributed by atoms with Crippen molar-refractivity contribution in [2.24, 2.45) is 11.7 Å². The summed E-state index contributed by atoms with van der Waals surface area (Å²) in [7, 11) is 0. The number of ether oxygens (including phenoxy) is 1. The summed E-state index contributed by atoms with van der Waals surface area (Å²) in [5, 5.41) is 7.06. The van der Waals surface area contributed by atoms with Crippen LogP contribution in [0, 0.1) is 5.92 Å². The monoisotopic (exact) mass is 379 g/mol. The Morgan fingerprint density at radius 3 is 2.67 bits per heavy atom. The van der Waals surface area contributed by atoms with E-state index in [1.807, 2.05) is 13.8 Å². The highest BCUT2D eigenvalue weighted by Crippen LogP contribution is 2.38. The van der Waals surface area contributed by atoms with Gasteiger partial charge in [0.2, 0.25) is 5.88 Å². The molecule has 0 radical (unpaired) electrons. The van der Waals surface area contributed by atoms with Crippen LogP contribution in [0.15, 0.2) is 30.5 Å². The van der Waals surface area contributed by atoms with E-state index in [0.717, 1.165) is 12.5 Å². The van der Waals surface area contributed by atoms with E-state index in [1.54, 1.807) is 12.1 Å². The average Bonchev–Trinajstić information content (AvgIpc) is 3.02. The van der Waals surface area contributed by atoms with Crippen molar-refractivity contribution < 1.29 is 17.9 Å². The number of pyridine rings is 2. The van der Waals surface area contributed by atoms with Crippen molar-refractivity contribution in [3.8, 4) is 17.3 Å². The molecule has 0 aliphatic carbocycles. The molecule has 0 amide bonds. The van der Waals surface area contributed by atoms with Crippen LogP contribution in [0.3, 0.4) is 0 Å². The molecule has 3 N–H and O–H groups in total. The van der Waals surface area contributed by atoms with Crippen molar-refractivity contribution in [3.05, 3.63) is 36.0 Å². The number of rotatable bonds is 6. The van der Waals surface area contributed by atoms with Crippen LogP contribution < -0.4 is 10.5 Å². The van der Waals surface area contributed by atoms with Crippen molar-refractivity contribution >= 4 is 11.0 Å². The minimum absolute atomic E-state index is 0.0669. The van der Waals surface area contributed by atoms with Crippen LogP contribution in [0.4, 0.5) is 13.2 Å². The van der Waals surface area contributed by atoms with E-state index >= 15 is 0 Å². The quantitative estimate of drug-likeness (QED) is 0.680. The van der Waals surface area contributed by atoms with E-state index < -0.39 is 11.7 Å². The topological polar surface area (TPSA) is 89.7 Å². The molecule has 3 aromatic heterocycles. The molecule has 0 bridgehead atoms. The second-order valence-electron chi connectivity index (χ2n) is 6.72. The Morgan fingerprint density at radius 1 is 1.19 bits per heavy atom.